The number of anilines is 2. The van der Waals surface area contributed by atoms with Crippen molar-refractivity contribution in [3.8, 4) is 0 Å². The number of H-pyrrole nitrogens is 1. The third-order valence-corrected chi connectivity index (χ3v) is 5.15. The van der Waals surface area contributed by atoms with Gasteiger partial charge in [0, 0.05) is 22.7 Å². The van der Waals surface area contributed by atoms with Gasteiger partial charge in [0.2, 0.25) is 5.56 Å². The number of nitrogens with one attached hydrogen (secondary N) is 2. The van der Waals surface area contributed by atoms with Gasteiger partial charge in [0.05, 0.1) is 22.4 Å². The van der Waals surface area contributed by atoms with Crippen molar-refractivity contribution >= 4 is 40.0 Å². The Bertz CT molecular complexity index is 1420. The largest absolute Gasteiger partial charge is 0.322 e. The van der Waals surface area contributed by atoms with Gasteiger partial charge in [-0.1, -0.05) is 36.4 Å². The molecule has 7 nitrogen and oxygen atoms in total. The minimum absolute atomic E-state index is 0.227. The molecule has 0 aliphatic carbocycles. The molecular formula is C24H15N3O4. The van der Waals surface area contributed by atoms with Crippen LogP contribution in [0.4, 0.5) is 11.4 Å². The molecular weight excluding hydrogens is 394 g/mol. The lowest BCUT2D eigenvalue weighted by atomic mass is 10.1. The van der Waals surface area contributed by atoms with Crippen molar-refractivity contribution in [1.29, 1.82) is 0 Å². The summed E-state index contributed by atoms with van der Waals surface area (Å²) < 4.78 is 0. The topological polar surface area (TPSA) is 99.3 Å². The molecule has 150 valence electrons. The molecule has 1 aliphatic rings. The summed E-state index contributed by atoms with van der Waals surface area (Å²) in [5, 5.41) is 3.36. The highest BCUT2D eigenvalue weighted by Crippen LogP contribution is 2.30. The number of amides is 3. The summed E-state index contributed by atoms with van der Waals surface area (Å²) in [6, 6.07) is 21.3. The minimum Gasteiger partial charge on any atom is -0.322 e. The van der Waals surface area contributed by atoms with Gasteiger partial charge in [-0.15, -0.1) is 0 Å². The number of benzene rings is 3. The first-order valence-corrected chi connectivity index (χ1v) is 9.54. The first-order valence-electron chi connectivity index (χ1n) is 9.54. The molecule has 7 heteroatoms. The first-order chi connectivity index (χ1) is 15.0. The van der Waals surface area contributed by atoms with E-state index in [4.69, 9.17) is 0 Å². The van der Waals surface area contributed by atoms with Crippen LogP contribution in [-0.4, -0.2) is 22.7 Å². The number of hydrogen-bond donors (Lipinski definition) is 2. The normalized spacial score (nSPS) is 12.8. The first kappa shape index (κ1) is 18.5. The molecule has 2 N–H and O–H groups in total. The summed E-state index contributed by atoms with van der Waals surface area (Å²) in [5.41, 5.74) is 1.83. The van der Waals surface area contributed by atoms with Crippen molar-refractivity contribution in [2.75, 3.05) is 10.2 Å². The van der Waals surface area contributed by atoms with Crippen LogP contribution in [0.1, 0.15) is 31.1 Å². The Kier molecular flexibility index (Phi) is 4.22. The summed E-state index contributed by atoms with van der Waals surface area (Å²) in [7, 11) is 0. The number of fused-ring (bicyclic) bond motifs is 2. The second-order valence-electron chi connectivity index (χ2n) is 7.09. The van der Waals surface area contributed by atoms with Crippen LogP contribution in [0.15, 0.2) is 83.7 Å². The summed E-state index contributed by atoms with van der Waals surface area (Å²) in [5.74, 6) is -1.30. The van der Waals surface area contributed by atoms with Crippen molar-refractivity contribution in [2.24, 2.45) is 0 Å². The van der Waals surface area contributed by atoms with Crippen molar-refractivity contribution in [3.63, 3.8) is 0 Å². The second-order valence-corrected chi connectivity index (χ2v) is 7.09. The smallest absolute Gasteiger partial charge is 0.266 e. The van der Waals surface area contributed by atoms with Gasteiger partial charge in [0.1, 0.15) is 0 Å². The lowest BCUT2D eigenvalue weighted by Crippen LogP contribution is -2.29. The number of aromatic nitrogens is 1. The highest BCUT2D eigenvalue weighted by Gasteiger charge is 2.36. The van der Waals surface area contributed by atoms with Crippen LogP contribution < -0.4 is 15.8 Å². The highest BCUT2D eigenvalue weighted by atomic mass is 16.2. The van der Waals surface area contributed by atoms with Gasteiger partial charge >= 0.3 is 0 Å². The molecule has 1 aliphatic heterocycles. The fraction of sp³-hybridized carbons (Fsp3) is 0. The maximum absolute atomic E-state index is 12.9. The van der Waals surface area contributed by atoms with Crippen molar-refractivity contribution < 1.29 is 14.4 Å². The average Bonchev–Trinajstić information content (AvgIpc) is 3.03. The van der Waals surface area contributed by atoms with Crippen molar-refractivity contribution in [3.05, 3.63) is 106 Å². The predicted molar refractivity (Wildman–Crippen MR) is 117 cm³/mol. The number of rotatable bonds is 3. The third kappa shape index (κ3) is 3.08. The summed E-state index contributed by atoms with van der Waals surface area (Å²) in [6.45, 7) is 0. The SMILES string of the molecule is O=C(Nc1cccc(N2C(=O)c3ccccc3C2=O)c1)c1cc(=O)[nH]c2ccccc12. The number of imide groups is 1. The molecule has 0 saturated heterocycles. The van der Waals surface area contributed by atoms with Crippen LogP contribution in [0.25, 0.3) is 10.9 Å². The minimum atomic E-state index is -0.471. The molecule has 31 heavy (non-hydrogen) atoms. The van der Waals surface area contributed by atoms with Gasteiger partial charge in [-0.3, -0.25) is 19.2 Å². The summed E-state index contributed by atoms with van der Waals surface area (Å²) in [6.07, 6.45) is 0. The van der Waals surface area contributed by atoms with E-state index in [1.807, 2.05) is 0 Å². The van der Waals surface area contributed by atoms with E-state index in [1.54, 1.807) is 72.8 Å². The molecule has 0 atom stereocenters. The zero-order valence-electron chi connectivity index (χ0n) is 16.1. The Morgan fingerprint density at radius 3 is 2.19 bits per heavy atom. The van der Waals surface area contributed by atoms with Crippen LogP contribution in [0, 0.1) is 0 Å². The zero-order chi connectivity index (χ0) is 21.5. The van der Waals surface area contributed by atoms with Gasteiger partial charge in [0.15, 0.2) is 0 Å². The van der Waals surface area contributed by atoms with Crippen molar-refractivity contribution in [2.45, 2.75) is 0 Å². The highest BCUT2D eigenvalue weighted by molar-refractivity contribution is 6.34. The molecule has 0 saturated carbocycles. The van der Waals surface area contributed by atoms with E-state index in [9.17, 15) is 19.2 Å². The lowest BCUT2D eigenvalue weighted by molar-refractivity contribution is 0.0925. The maximum atomic E-state index is 12.9. The molecule has 0 spiro atoms. The van der Waals surface area contributed by atoms with Gasteiger partial charge in [-0.05, 0) is 36.4 Å². The van der Waals surface area contributed by atoms with E-state index >= 15 is 0 Å². The van der Waals surface area contributed by atoms with E-state index in [-0.39, 0.29) is 11.1 Å². The van der Waals surface area contributed by atoms with Gasteiger partial charge in [-0.2, -0.15) is 0 Å². The van der Waals surface area contributed by atoms with E-state index in [2.05, 4.69) is 10.3 Å². The number of carbonyl (C=O) groups is 3. The molecule has 2 heterocycles. The monoisotopic (exact) mass is 409 g/mol. The Balaban J connectivity index is 1.48. The summed E-state index contributed by atoms with van der Waals surface area (Å²) >= 11 is 0. The Labute approximate surface area is 175 Å². The van der Waals surface area contributed by atoms with E-state index in [0.717, 1.165) is 4.90 Å². The fourth-order valence-electron chi connectivity index (χ4n) is 3.74. The van der Waals surface area contributed by atoms with Crippen LogP contribution >= 0.6 is 0 Å². The molecule has 5 rings (SSSR count). The molecule has 3 aromatic carbocycles. The Morgan fingerprint density at radius 1 is 0.774 bits per heavy atom. The maximum Gasteiger partial charge on any atom is 0.266 e. The standard InChI is InChI=1S/C24H15N3O4/c28-21-13-19(16-8-3-4-11-20(16)26-21)22(29)25-14-6-5-7-15(12-14)27-23(30)17-9-1-2-10-18(17)24(27)31/h1-13H,(H,25,29)(H,26,28). The molecule has 0 unspecified atom stereocenters. The average molecular weight is 409 g/mol. The quantitative estimate of drug-likeness (QED) is 0.505. The number of nitrogens with zero attached hydrogens (tertiary/aromatic N) is 1. The van der Waals surface area contributed by atoms with E-state index in [1.165, 1.54) is 6.07 Å². The number of pyridine rings is 1. The molecule has 4 aromatic rings. The van der Waals surface area contributed by atoms with Gasteiger partial charge in [0.25, 0.3) is 17.7 Å². The fourth-order valence-corrected chi connectivity index (χ4v) is 3.74. The van der Waals surface area contributed by atoms with Gasteiger partial charge < -0.3 is 10.3 Å². The Hall–Kier alpha value is -4.52. The number of aromatic amines is 1. The third-order valence-electron chi connectivity index (χ3n) is 5.15. The summed E-state index contributed by atoms with van der Waals surface area (Å²) in [4.78, 5) is 54.1. The molecule has 0 radical (unpaired) electrons. The molecule has 0 bridgehead atoms. The number of para-hydroxylation sites is 1. The Morgan fingerprint density at radius 2 is 1.45 bits per heavy atom. The van der Waals surface area contributed by atoms with E-state index in [0.29, 0.717) is 33.4 Å². The molecule has 0 fully saturated rings. The van der Waals surface area contributed by atoms with E-state index < -0.39 is 17.7 Å². The molecule has 3 amide bonds. The zero-order valence-corrected chi connectivity index (χ0v) is 16.1. The molecule has 1 aromatic heterocycles. The number of carbonyl (C=O) groups excluding carboxylic acids is 3. The van der Waals surface area contributed by atoms with Gasteiger partial charge in [-0.25, -0.2) is 4.90 Å². The van der Waals surface area contributed by atoms with Crippen molar-refractivity contribution in [1.82, 2.24) is 4.98 Å². The lowest BCUT2D eigenvalue weighted by Gasteiger charge is -2.15. The van der Waals surface area contributed by atoms with Crippen LogP contribution in [-0.2, 0) is 0 Å². The number of hydrogen-bond acceptors (Lipinski definition) is 4. The predicted octanol–water partition coefficient (Wildman–Crippen LogP) is 3.58. The van der Waals surface area contributed by atoms with Crippen LogP contribution in [0.5, 0.6) is 0 Å². The van der Waals surface area contributed by atoms with Crippen LogP contribution in [0.2, 0.25) is 0 Å². The second kappa shape index (κ2) is 7.07. The van der Waals surface area contributed by atoms with Crippen LogP contribution in [0.3, 0.4) is 0 Å².